The van der Waals surface area contributed by atoms with E-state index in [1.807, 2.05) is 25.1 Å². The highest BCUT2D eigenvalue weighted by molar-refractivity contribution is 7.80. The van der Waals surface area contributed by atoms with E-state index in [1.165, 1.54) is 6.07 Å². The Morgan fingerprint density at radius 3 is 2.49 bits per heavy atom. The first-order valence-corrected chi connectivity index (χ1v) is 12.6. The molecule has 1 N–H and O–H groups in total. The smallest absolute Gasteiger partial charge is 0.418 e. The van der Waals surface area contributed by atoms with Gasteiger partial charge in [0.2, 0.25) is 0 Å². The van der Waals surface area contributed by atoms with Gasteiger partial charge in [0, 0.05) is 19.0 Å². The minimum atomic E-state index is -4.62. The second kappa shape index (κ2) is 12.6. The summed E-state index contributed by atoms with van der Waals surface area (Å²) in [5, 5.41) is 2.68. The van der Waals surface area contributed by atoms with Crippen LogP contribution >= 0.6 is 35.4 Å². The SMILES string of the molecule is COc1cc(C(CCCCN2CCOCC2)C(=S)Nc2cc(Cl)c(Cl)cc2C(F)(F)F)ccc1C. The Labute approximate surface area is 219 Å². The zero-order chi connectivity index (χ0) is 25.6. The molecule has 35 heavy (non-hydrogen) atoms. The van der Waals surface area contributed by atoms with Crippen molar-refractivity contribution in [3.05, 3.63) is 57.1 Å². The second-order valence-corrected chi connectivity index (χ2v) is 9.78. The fraction of sp³-hybridized carbons (Fsp3) is 0.480. The number of nitrogens with one attached hydrogen (secondary N) is 1. The highest BCUT2D eigenvalue weighted by Gasteiger charge is 2.35. The molecule has 4 nitrogen and oxygen atoms in total. The second-order valence-electron chi connectivity index (χ2n) is 8.53. The molecule has 1 fully saturated rings. The summed E-state index contributed by atoms with van der Waals surface area (Å²) in [6.07, 6.45) is -2.14. The summed E-state index contributed by atoms with van der Waals surface area (Å²) in [6, 6.07) is 7.76. The van der Waals surface area contributed by atoms with Crippen LogP contribution in [-0.4, -0.2) is 49.8 Å². The molecule has 2 aromatic rings. The zero-order valence-corrected chi connectivity index (χ0v) is 22.0. The molecule has 10 heteroatoms. The molecule has 0 amide bonds. The van der Waals surface area contributed by atoms with E-state index in [2.05, 4.69) is 10.2 Å². The molecule has 0 bridgehead atoms. The first-order valence-electron chi connectivity index (χ1n) is 11.4. The van der Waals surface area contributed by atoms with Crippen molar-refractivity contribution in [3.8, 4) is 5.75 Å². The van der Waals surface area contributed by atoms with Gasteiger partial charge in [-0.3, -0.25) is 4.90 Å². The number of hydrogen-bond acceptors (Lipinski definition) is 4. The van der Waals surface area contributed by atoms with E-state index in [0.29, 0.717) is 12.2 Å². The van der Waals surface area contributed by atoms with Gasteiger partial charge < -0.3 is 14.8 Å². The number of benzene rings is 2. The lowest BCUT2D eigenvalue weighted by Gasteiger charge is -2.27. The Hall–Kier alpha value is -1.58. The fourth-order valence-corrected chi connectivity index (χ4v) is 4.81. The first kappa shape index (κ1) is 28.0. The summed E-state index contributed by atoms with van der Waals surface area (Å²) >= 11 is 17.6. The minimum Gasteiger partial charge on any atom is -0.496 e. The van der Waals surface area contributed by atoms with Crippen LogP contribution in [0.4, 0.5) is 18.9 Å². The summed E-state index contributed by atoms with van der Waals surface area (Å²) in [7, 11) is 1.59. The minimum absolute atomic E-state index is 0.0176. The number of aryl methyl sites for hydroxylation is 1. The van der Waals surface area contributed by atoms with Crippen LogP contribution in [0.5, 0.6) is 5.75 Å². The number of thiocarbonyl (C=S) groups is 1. The van der Waals surface area contributed by atoms with Crippen molar-refractivity contribution in [2.75, 3.05) is 45.3 Å². The van der Waals surface area contributed by atoms with E-state index < -0.39 is 11.7 Å². The molecule has 0 radical (unpaired) electrons. The number of methoxy groups -OCH3 is 1. The van der Waals surface area contributed by atoms with Gasteiger partial charge in [-0.15, -0.1) is 0 Å². The third-order valence-corrected chi connectivity index (χ3v) is 7.20. The van der Waals surface area contributed by atoms with E-state index in [0.717, 1.165) is 62.9 Å². The Balaban J connectivity index is 1.81. The van der Waals surface area contributed by atoms with Crippen molar-refractivity contribution >= 4 is 46.1 Å². The van der Waals surface area contributed by atoms with Gasteiger partial charge >= 0.3 is 6.18 Å². The van der Waals surface area contributed by atoms with Crippen molar-refractivity contribution in [3.63, 3.8) is 0 Å². The lowest BCUT2D eigenvalue weighted by atomic mass is 9.92. The van der Waals surface area contributed by atoms with E-state index >= 15 is 0 Å². The number of ether oxygens (including phenoxy) is 2. The predicted octanol–water partition coefficient (Wildman–Crippen LogP) is 7.35. The monoisotopic (exact) mass is 548 g/mol. The number of halogens is 5. The third kappa shape index (κ3) is 7.70. The maximum atomic E-state index is 13.7. The van der Waals surface area contributed by atoms with E-state index in [-0.39, 0.29) is 26.6 Å². The van der Waals surface area contributed by atoms with Crippen LogP contribution in [0.15, 0.2) is 30.3 Å². The maximum Gasteiger partial charge on any atom is 0.418 e. The Bertz CT molecular complexity index is 1030. The van der Waals surface area contributed by atoms with E-state index in [4.69, 9.17) is 44.9 Å². The van der Waals surface area contributed by atoms with E-state index in [9.17, 15) is 13.2 Å². The number of hydrogen-bond donors (Lipinski definition) is 1. The molecule has 2 aromatic carbocycles. The third-order valence-electron chi connectivity index (χ3n) is 6.10. The lowest BCUT2D eigenvalue weighted by molar-refractivity contribution is -0.136. The molecule has 0 aromatic heterocycles. The molecular formula is C25H29Cl2F3N2O2S. The standard InChI is InChI=1S/C25H29Cl2F3N2O2S/c1-16-6-7-17(13-23(16)33-2)18(5-3-4-8-32-9-11-34-12-10-32)24(35)31-22-15-21(27)20(26)14-19(22)25(28,29)30/h6-7,13-15,18H,3-5,8-12H2,1-2H3,(H,31,35). The molecule has 192 valence electrons. The van der Waals surface area contributed by atoms with Crippen molar-refractivity contribution in [1.29, 1.82) is 0 Å². The van der Waals surface area contributed by atoms with Gasteiger partial charge in [-0.05, 0) is 55.6 Å². The Kier molecular flexibility index (Phi) is 10.1. The molecule has 1 heterocycles. The molecule has 1 aliphatic heterocycles. The molecule has 1 unspecified atom stereocenters. The van der Waals surface area contributed by atoms with Crippen molar-refractivity contribution in [2.24, 2.45) is 0 Å². The Morgan fingerprint density at radius 2 is 1.83 bits per heavy atom. The number of morpholine rings is 1. The van der Waals surface area contributed by atoms with E-state index in [1.54, 1.807) is 7.11 Å². The first-order chi connectivity index (χ1) is 16.6. The van der Waals surface area contributed by atoms with Gasteiger partial charge in [-0.2, -0.15) is 13.2 Å². The summed E-state index contributed by atoms with van der Waals surface area (Å²) in [5.74, 6) is 0.397. The molecule has 0 saturated carbocycles. The largest absolute Gasteiger partial charge is 0.496 e. The van der Waals surface area contributed by atoms with Crippen LogP contribution in [0.3, 0.4) is 0 Å². The van der Waals surface area contributed by atoms with Crippen LogP contribution in [0.25, 0.3) is 0 Å². The molecule has 0 aliphatic carbocycles. The van der Waals surface area contributed by atoms with Crippen molar-refractivity contribution in [2.45, 2.75) is 38.3 Å². The summed E-state index contributed by atoms with van der Waals surface area (Å²) in [6.45, 7) is 6.18. The van der Waals surface area contributed by atoms with Crippen LogP contribution in [0.2, 0.25) is 10.0 Å². The quantitative estimate of drug-likeness (QED) is 0.261. The molecule has 3 rings (SSSR count). The number of alkyl halides is 3. The molecule has 0 spiro atoms. The Morgan fingerprint density at radius 1 is 1.14 bits per heavy atom. The fourth-order valence-electron chi connectivity index (χ4n) is 4.12. The predicted molar refractivity (Wildman–Crippen MR) is 139 cm³/mol. The molecular weight excluding hydrogens is 520 g/mol. The van der Waals surface area contributed by atoms with Gasteiger partial charge in [0.05, 0.1) is 46.6 Å². The van der Waals surface area contributed by atoms with Gasteiger partial charge in [-0.1, -0.05) is 54.0 Å². The average Bonchev–Trinajstić information content (AvgIpc) is 2.81. The highest BCUT2D eigenvalue weighted by Crippen LogP contribution is 2.40. The van der Waals surface area contributed by atoms with Gasteiger partial charge in [0.1, 0.15) is 5.75 Å². The van der Waals surface area contributed by atoms with Crippen LogP contribution in [0.1, 0.15) is 41.9 Å². The van der Waals surface area contributed by atoms with Crippen molar-refractivity contribution < 1.29 is 22.6 Å². The number of anilines is 1. The van der Waals surface area contributed by atoms with Crippen LogP contribution in [-0.2, 0) is 10.9 Å². The van der Waals surface area contributed by atoms with Crippen LogP contribution in [0, 0.1) is 6.92 Å². The normalized spacial score (nSPS) is 15.6. The topological polar surface area (TPSA) is 33.7 Å². The molecule has 1 atom stereocenters. The van der Waals surface area contributed by atoms with Crippen molar-refractivity contribution in [1.82, 2.24) is 4.90 Å². The number of unbranched alkanes of at least 4 members (excludes halogenated alkanes) is 1. The van der Waals surface area contributed by atoms with Gasteiger partial charge in [0.15, 0.2) is 0 Å². The van der Waals surface area contributed by atoms with Crippen LogP contribution < -0.4 is 10.1 Å². The lowest BCUT2D eigenvalue weighted by Crippen LogP contribution is -2.36. The van der Waals surface area contributed by atoms with Gasteiger partial charge in [-0.25, -0.2) is 0 Å². The number of nitrogens with zero attached hydrogens (tertiary/aromatic N) is 1. The van der Waals surface area contributed by atoms with Gasteiger partial charge in [0.25, 0.3) is 0 Å². The molecule has 1 aliphatic rings. The molecule has 1 saturated heterocycles. The summed E-state index contributed by atoms with van der Waals surface area (Å²) in [5.41, 5.74) is 0.714. The average molecular weight is 549 g/mol. The maximum absolute atomic E-state index is 13.7. The zero-order valence-electron chi connectivity index (χ0n) is 19.7. The summed E-state index contributed by atoms with van der Waals surface area (Å²) in [4.78, 5) is 2.64. The number of rotatable bonds is 9. The highest BCUT2D eigenvalue weighted by atomic mass is 35.5. The summed E-state index contributed by atoms with van der Waals surface area (Å²) < 4.78 is 51.9.